The summed E-state index contributed by atoms with van der Waals surface area (Å²) in [5.74, 6) is 8.00. The van der Waals surface area contributed by atoms with E-state index in [9.17, 15) is 4.39 Å². The zero-order valence-corrected chi connectivity index (χ0v) is 15.2. The summed E-state index contributed by atoms with van der Waals surface area (Å²) in [6.07, 6.45) is 0. The minimum atomic E-state index is -0.321. The molecule has 6 nitrogen and oxygen atoms in total. The minimum absolute atomic E-state index is 0.134. The van der Waals surface area contributed by atoms with Crippen molar-refractivity contribution in [1.29, 1.82) is 0 Å². The van der Waals surface area contributed by atoms with Crippen LogP contribution in [0.25, 0.3) is 0 Å². The Hall–Kier alpha value is -2.45. The number of rotatable bonds is 8. The maximum atomic E-state index is 12.9. The molecule has 136 valence electrons. The second kappa shape index (κ2) is 8.77. The highest BCUT2D eigenvalue weighted by molar-refractivity contribution is 7.99. The predicted molar refractivity (Wildman–Crippen MR) is 98.6 cm³/mol. The number of thioether (sulfide) groups is 1. The van der Waals surface area contributed by atoms with Gasteiger partial charge >= 0.3 is 0 Å². The maximum absolute atomic E-state index is 12.9. The second-order valence-corrected chi connectivity index (χ2v) is 6.66. The van der Waals surface area contributed by atoms with Gasteiger partial charge in [-0.1, -0.05) is 29.4 Å². The highest BCUT2D eigenvalue weighted by atomic mass is 35.5. The molecule has 0 unspecified atom stereocenters. The van der Waals surface area contributed by atoms with E-state index in [0.717, 1.165) is 0 Å². The first-order valence-electron chi connectivity index (χ1n) is 7.71. The van der Waals surface area contributed by atoms with Gasteiger partial charge in [-0.3, -0.25) is 0 Å². The minimum Gasteiger partial charge on any atom is -0.493 e. The van der Waals surface area contributed by atoms with Gasteiger partial charge in [-0.25, -0.2) is 9.07 Å². The summed E-state index contributed by atoms with van der Waals surface area (Å²) in [6, 6.07) is 12.9. The zero-order chi connectivity index (χ0) is 18.4. The number of nitrogens with zero attached hydrogens (tertiary/aromatic N) is 3. The Balaban J connectivity index is 1.46. The molecular formula is C17H16ClFN4O2S. The van der Waals surface area contributed by atoms with E-state index in [1.165, 1.54) is 40.7 Å². The van der Waals surface area contributed by atoms with E-state index in [-0.39, 0.29) is 12.4 Å². The number of aromatic nitrogens is 3. The van der Waals surface area contributed by atoms with Crippen LogP contribution in [-0.2, 0) is 6.61 Å². The van der Waals surface area contributed by atoms with Crippen molar-refractivity contribution in [2.24, 2.45) is 0 Å². The van der Waals surface area contributed by atoms with Gasteiger partial charge < -0.3 is 15.3 Å². The molecule has 0 saturated heterocycles. The lowest BCUT2D eigenvalue weighted by Crippen LogP contribution is -2.16. The van der Waals surface area contributed by atoms with Gasteiger partial charge in [0, 0.05) is 10.8 Å². The molecule has 26 heavy (non-hydrogen) atoms. The van der Waals surface area contributed by atoms with Crippen molar-refractivity contribution in [3.63, 3.8) is 0 Å². The Labute approximate surface area is 159 Å². The highest BCUT2D eigenvalue weighted by Gasteiger charge is 2.11. The fourth-order valence-corrected chi connectivity index (χ4v) is 2.90. The van der Waals surface area contributed by atoms with Crippen LogP contribution in [0.1, 0.15) is 5.82 Å². The van der Waals surface area contributed by atoms with E-state index in [0.29, 0.717) is 39.9 Å². The maximum Gasteiger partial charge on any atom is 0.210 e. The summed E-state index contributed by atoms with van der Waals surface area (Å²) < 4.78 is 25.4. The van der Waals surface area contributed by atoms with Gasteiger partial charge in [0.1, 0.15) is 23.9 Å². The molecule has 3 aromatic rings. The van der Waals surface area contributed by atoms with Gasteiger partial charge in [0.2, 0.25) is 5.16 Å². The van der Waals surface area contributed by atoms with Crippen molar-refractivity contribution in [1.82, 2.24) is 14.9 Å². The van der Waals surface area contributed by atoms with Crippen LogP contribution in [0.15, 0.2) is 53.7 Å². The van der Waals surface area contributed by atoms with Crippen LogP contribution < -0.4 is 15.3 Å². The van der Waals surface area contributed by atoms with Crippen LogP contribution in [0.5, 0.6) is 11.5 Å². The second-order valence-electron chi connectivity index (χ2n) is 5.17. The topological polar surface area (TPSA) is 75.2 Å². The third-order valence-corrected chi connectivity index (χ3v) is 4.44. The summed E-state index contributed by atoms with van der Waals surface area (Å²) in [5.41, 5.74) is 0. The summed E-state index contributed by atoms with van der Waals surface area (Å²) in [7, 11) is 0. The first-order valence-corrected chi connectivity index (χ1v) is 9.07. The quantitative estimate of drug-likeness (QED) is 0.358. The van der Waals surface area contributed by atoms with E-state index in [2.05, 4.69) is 10.2 Å². The molecule has 0 aliphatic carbocycles. The number of nitrogens with two attached hydrogens (primary N) is 1. The molecule has 0 aliphatic rings. The third-order valence-electron chi connectivity index (χ3n) is 3.30. The number of ether oxygens (including phenoxy) is 2. The Kier molecular flexibility index (Phi) is 6.19. The Morgan fingerprint density at radius 3 is 2.65 bits per heavy atom. The molecule has 0 atom stereocenters. The van der Waals surface area contributed by atoms with Crippen molar-refractivity contribution < 1.29 is 13.9 Å². The molecule has 3 rings (SSSR count). The molecule has 0 amide bonds. The average molecular weight is 395 g/mol. The summed E-state index contributed by atoms with van der Waals surface area (Å²) >= 11 is 7.32. The molecule has 0 aliphatic heterocycles. The SMILES string of the molecule is Nn1c(COc2ccc(F)cc2)nnc1SCCOc1cccc(Cl)c1. The van der Waals surface area contributed by atoms with Crippen molar-refractivity contribution in [3.8, 4) is 11.5 Å². The zero-order valence-electron chi connectivity index (χ0n) is 13.6. The molecule has 0 radical (unpaired) electrons. The lowest BCUT2D eigenvalue weighted by atomic mass is 10.3. The van der Waals surface area contributed by atoms with Gasteiger partial charge in [-0.15, -0.1) is 10.2 Å². The Morgan fingerprint density at radius 1 is 1.08 bits per heavy atom. The van der Waals surface area contributed by atoms with Crippen LogP contribution in [-0.4, -0.2) is 27.2 Å². The van der Waals surface area contributed by atoms with Crippen LogP contribution in [0, 0.1) is 5.82 Å². The number of hydrogen-bond donors (Lipinski definition) is 1. The predicted octanol–water partition coefficient (Wildman–Crippen LogP) is 3.53. The molecule has 1 heterocycles. The standard InChI is InChI=1S/C17H16ClFN4O2S/c18-12-2-1-3-15(10-12)24-8-9-26-17-22-21-16(23(17)20)11-25-14-6-4-13(19)5-7-14/h1-7,10H,8-9,11,20H2. The normalized spacial score (nSPS) is 10.7. The lowest BCUT2D eigenvalue weighted by molar-refractivity contribution is 0.291. The smallest absolute Gasteiger partial charge is 0.210 e. The van der Waals surface area contributed by atoms with Crippen LogP contribution in [0.3, 0.4) is 0 Å². The molecule has 0 spiro atoms. The van der Waals surface area contributed by atoms with Gasteiger partial charge in [0.05, 0.1) is 6.61 Å². The van der Waals surface area contributed by atoms with Gasteiger partial charge in [0.15, 0.2) is 5.82 Å². The highest BCUT2D eigenvalue weighted by Crippen LogP contribution is 2.19. The lowest BCUT2D eigenvalue weighted by Gasteiger charge is -2.07. The fraction of sp³-hybridized carbons (Fsp3) is 0.176. The third kappa shape index (κ3) is 5.03. The first-order chi connectivity index (χ1) is 12.6. The van der Waals surface area contributed by atoms with Crippen molar-refractivity contribution >= 4 is 23.4 Å². The van der Waals surface area contributed by atoms with E-state index in [1.807, 2.05) is 12.1 Å². The average Bonchev–Trinajstić information content (AvgIpc) is 2.98. The Morgan fingerprint density at radius 2 is 1.88 bits per heavy atom. The first kappa shape index (κ1) is 18.3. The molecule has 2 N–H and O–H groups in total. The largest absolute Gasteiger partial charge is 0.493 e. The van der Waals surface area contributed by atoms with Crippen molar-refractivity contribution in [3.05, 3.63) is 65.2 Å². The number of nitrogen functional groups attached to an aromatic ring is 1. The van der Waals surface area contributed by atoms with Crippen molar-refractivity contribution in [2.45, 2.75) is 11.8 Å². The van der Waals surface area contributed by atoms with Crippen LogP contribution >= 0.6 is 23.4 Å². The van der Waals surface area contributed by atoms with Crippen LogP contribution in [0.4, 0.5) is 4.39 Å². The summed E-state index contributed by atoms with van der Waals surface area (Å²) in [6.45, 7) is 0.605. The van der Waals surface area contributed by atoms with E-state index in [1.54, 1.807) is 12.1 Å². The van der Waals surface area contributed by atoms with Gasteiger partial charge in [-0.2, -0.15) is 0 Å². The molecule has 9 heteroatoms. The molecule has 0 fully saturated rings. The monoisotopic (exact) mass is 394 g/mol. The number of hydrogen-bond acceptors (Lipinski definition) is 6. The van der Waals surface area contributed by atoms with E-state index < -0.39 is 0 Å². The summed E-state index contributed by atoms with van der Waals surface area (Å²) in [5, 5.41) is 9.22. The van der Waals surface area contributed by atoms with Gasteiger partial charge in [0.25, 0.3) is 0 Å². The van der Waals surface area contributed by atoms with Gasteiger partial charge in [-0.05, 0) is 42.5 Å². The molecular weight excluding hydrogens is 379 g/mol. The molecule has 2 aromatic carbocycles. The number of halogens is 2. The van der Waals surface area contributed by atoms with Crippen LogP contribution in [0.2, 0.25) is 5.02 Å². The Bertz CT molecular complexity index is 860. The fourth-order valence-electron chi connectivity index (χ4n) is 2.03. The molecule has 0 bridgehead atoms. The van der Waals surface area contributed by atoms with E-state index in [4.69, 9.17) is 26.9 Å². The molecule has 1 aromatic heterocycles. The van der Waals surface area contributed by atoms with Crippen molar-refractivity contribution in [2.75, 3.05) is 18.2 Å². The summed E-state index contributed by atoms with van der Waals surface area (Å²) in [4.78, 5) is 0. The number of benzene rings is 2. The molecule has 0 saturated carbocycles. The van der Waals surface area contributed by atoms with E-state index >= 15 is 0 Å².